The second-order valence-corrected chi connectivity index (χ2v) is 17.4. The molecule has 240 valence electrons. The number of ether oxygens (including phenoxy) is 1. The Bertz CT molecular complexity index is 889. The molecule has 16 atom stereocenters. The van der Waals surface area contributed by atoms with E-state index in [9.17, 15) is 20.4 Å². The van der Waals surface area contributed by atoms with Crippen molar-refractivity contribution in [2.45, 2.75) is 139 Å². The van der Waals surface area contributed by atoms with E-state index >= 15 is 0 Å². The van der Waals surface area contributed by atoms with Crippen LogP contribution in [-0.2, 0) is 4.74 Å². The summed E-state index contributed by atoms with van der Waals surface area (Å²) in [5, 5.41) is 45.9. The lowest BCUT2D eigenvalue weighted by atomic mass is 9.33. The van der Waals surface area contributed by atoms with E-state index in [2.05, 4.69) is 69.2 Å². The summed E-state index contributed by atoms with van der Waals surface area (Å²) in [4.78, 5) is 0. The maximum absolute atomic E-state index is 12.5. The summed E-state index contributed by atoms with van der Waals surface area (Å²) in [6.07, 6.45) is 3.68. The summed E-state index contributed by atoms with van der Waals surface area (Å²) in [5.74, 6) is 3.46. The molecule has 4 rings (SSSR count). The quantitative estimate of drug-likeness (QED) is 0.239. The first-order valence-corrected chi connectivity index (χ1v) is 17.2. The highest BCUT2D eigenvalue weighted by molar-refractivity contribution is 5.19. The minimum absolute atomic E-state index is 0.0198. The summed E-state index contributed by atoms with van der Waals surface area (Å²) in [5.41, 5.74) is -0.394. The van der Waals surface area contributed by atoms with Crippen molar-refractivity contribution >= 4 is 0 Å². The summed E-state index contributed by atoms with van der Waals surface area (Å²) in [7, 11) is 0. The van der Waals surface area contributed by atoms with Crippen molar-refractivity contribution < 1.29 is 25.2 Å². The number of fused-ring (bicyclic) bond motifs is 3. The largest absolute Gasteiger partial charge is 0.393 e. The van der Waals surface area contributed by atoms with Crippen LogP contribution < -0.4 is 0 Å². The minimum Gasteiger partial charge on any atom is -0.393 e. The molecular weight excluding hydrogens is 512 g/mol. The standard InChI is InChI=1S/C36H66O5/c1-19(2)17-41-28(38)13-12-25-14-26(20(3)4)27-16-34(9)18-35(10)15-21(5)29(24(8)37)33(40)36(35,11)23(7)31(34)32(39)30(27)22(25)6/h19-33,37-40H,12-18H2,1-11H3. The zero-order chi connectivity index (χ0) is 30.8. The van der Waals surface area contributed by atoms with Gasteiger partial charge in [0, 0.05) is 11.3 Å². The fourth-order valence-electron chi connectivity index (χ4n) is 12.1. The average Bonchev–Trinajstić information content (AvgIpc) is 2.83. The Morgan fingerprint density at radius 3 is 2.12 bits per heavy atom. The Labute approximate surface area is 252 Å². The molecule has 4 aliphatic rings. The molecule has 4 N–H and O–H groups in total. The molecule has 0 bridgehead atoms. The van der Waals surface area contributed by atoms with Crippen LogP contribution in [0, 0.1) is 81.3 Å². The number of aliphatic hydroxyl groups excluding tert-OH is 4. The molecule has 0 heterocycles. The molecular formula is C36H66O5. The molecule has 4 aliphatic carbocycles. The highest BCUT2D eigenvalue weighted by atomic mass is 16.6. The van der Waals surface area contributed by atoms with Crippen LogP contribution in [0.15, 0.2) is 0 Å². The molecule has 0 amide bonds. The molecule has 0 aromatic carbocycles. The van der Waals surface area contributed by atoms with E-state index in [1.165, 1.54) is 6.42 Å². The SMILES string of the molecule is CC(C)COC(O)CCC1CC(C(C)C)C2CC3(C)CC4(C)CC(C)C(C(C)O)C(O)C4(C)C(C)C3C(O)C2C1C. The Hall–Kier alpha value is -0.200. The smallest absolute Gasteiger partial charge is 0.154 e. The summed E-state index contributed by atoms with van der Waals surface area (Å²) in [6, 6.07) is 0. The van der Waals surface area contributed by atoms with Gasteiger partial charge in [-0.05, 0) is 115 Å². The molecule has 5 heteroatoms. The van der Waals surface area contributed by atoms with Gasteiger partial charge in [0.2, 0.25) is 0 Å². The third-order valence-electron chi connectivity index (χ3n) is 14.0. The Morgan fingerprint density at radius 2 is 1.56 bits per heavy atom. The molecule has 4 saturated carbocycles. The lowest BCUT2D eigenvalue weighted by molar-refractivity contribution is -0.281. The Kier molecular flexibility index (Phi) is 9.82. The lowest BCUT2D eigenvalue weighted by Crippen LogP contribution is -2.70. The van der Waals surface area contributed by atoms with Crippen molar-refractivity contribution in [3.8, 4) is 0 Å². The zero-order valence-corrected chi connectivity index (χ0v) is 28.3. The van der Waals surface area contributed by atoms with Gasteiger partial charge in [-0.2, -0.15) is 0 Å². The highest BCUT2D eigenvalue weighted by Gasteiger charge is 2.70. The van der Waals surface area contributed by atoms with Crippen LogP contribution in [0.1, 0.15) is 115 Å². The van der Waals surface area contributed by atoms with Crippen LogP contribution in [0.4, 0.5) is 0 Å². The molecule has 5 nitrogen and oxygen atoms in total. The highest BCUT2D eigenvalue weighted by Crippen LogP contribution is 2.73. The summed E-state index contributed by atoms with van der Waals surface area (Å²) >= 11 is 0. The van der Waals surface area contributed by atoms with Crippen molar-refractivity contribution in [2.24, 2.45) is 81.3 Å². The average molecular weight is 579 g/mol. The predicted molar refractivity (Wildman–Crippen MR) is 166 cm³/mol. The van der Waals surface area contributed by atoms with E-state index in [4.69, 9.17) is 4.74 Å². The van der Waals surface area contributed by atoms with Gasteiger partial charge in [0.1, 0.15) is 0 Å². The summed E-state index contributed by atoms with van der Waals surface area (Å²) in [6.45, 7) is 25.4. The van der Waals surface area contributed by atoms with Crippen molar-refractivity contribution in [1.29, 1.82) is 0 Å². The third kappa shape index (κ3) is 5.60. The van der Waals surface area contributed by atoms with Crippen molar-refractivity contribution in [2.75, 3.05) is 6.61 Å². The molecule has 0 aromatic heterocycles. The monoisotopic (exact) mass is 578 g/mol. The Morgan fingerprint density at radius 1 is 0.927 bits per heavy atom. The van der Waals surface area contributed by atoms with Crippen LogP contribution in [0.25, 0.3) is 0 Å². The van der Waals surface area contributed by atoms with E-state index in [1.54, 1.807) is 0 Å². The molecule has 16 unspecified atom stereocenters. The van der Waals surface area contributed by atoms with E-state index in [0.717, 1.165) is 25.7 Å². The van der Waals surface area contributed by atoms with E-state index < -0.39 is 24.6 Å². The number of hydrogen-bond acceptors (Lipinski definition) is 5. The van der Waals surface area contributed by atoms with Gasteiger partial charge in [-0.1, -0.05) is 69.2 Å². The van der Waals surface area contributed by atoms with Gasteiger partial charge in [0.05, 0.1) is 24.9 Å². The fraction of sp³-hybridized carbons (Fsp3) is 1.00. The van der Waals surface area contributed by atoms with E-state index in [-0.39, 0.29) is 45.8 Å². The predicted octanol–water partition coefficient (Wildman–Crippen LogP) is 6.76. The van der Waals surface area contributed by atoms with Crippen LogP contribution in [-0.4, -0.2) is 51.6 Å². The molecule has 0 aromatic rings. The molecule has 41 heavy (non-hydrogen) atoms. The van der Waals surface area contributed by atoms with Gasteiger partial charge in [0.25, 0.3) is 0 Å². The first-order chi connectivity index (χ1) is 18.9. The molecule has 0 spiro atoms. The topological polar surface area (TPSA) is 90.2 Å². The van der Waals surface area contributed by atoms with Gasteiger partial charge in [-0.3, -0.25) is 0 Å². The van der Waals surface area contributed by atoms with Gasteiger partial charge in [-0.15, -0.1) is 0 Å². The maximum Gasteiger partial charge on any atom is 0.154 e. The normalized spacial score (nSPS) is 51.6. The van der Waals surface area contributed by atoms with E-state index in [0.29, 0.717) is 48.5 Å². The van der Waals surface area contributed by atoms with Gasteiger partial charge < -0.3 is 25.2 Å². The second-order valence-electron chi connectivity index (χ2n) is 17.4. The lowest BCUT2D eigenvalue weighted by Gasteiger charge is -2.72. The molecule has 0 radical (unpaired) electrons. The fourth-order valence-corrected chi connectivity index (χ4v) is 12.1. The van der Waals surface area contributed by atoms with Gasteiger partial charge >= 0.3 is 0 Å². The third-order valence-corrected chi connectivity index (χ3v) is 14.0. The van der Waals surface area contributed by atoms with Crippen LogP contribution in [0.2, 0.25) is 0 Å². The Balaban J connectivity index is 1.65. The minimum atomic E-state index is -0.715. The maximum atomic E-state index is 12.5. The summed E-state index contributed by atoms with van der Waals surface area (Å²) < 4.78 is 5.71. The van der Waals surface area contributed by atoms with Gasteiger partial charge in [-0.25, -0.2) is 0 Å². The second kappa shape index (κ2) is 12.0. The van der Waals surface area contributed by atoms with Crippen LogP contribution in [0.3, 0.4) is 0 Å². The zero-order valence-electron chi connectivity index (χ0n) is 28.3. The van der Waals surface area contributed by atoms with Crippen molar-refractivity contribution in [1.82, 2.24) is 0 Å². The van der Waals surface area contributed by atoms with Crippen LogP contribution in [0.5, 0.6) is 0 Å². The molecule has 0 saturated heterocycles. The van der Waals surface area contributed by atoms with Crippen LogP contribution >= 0.6 is 0 Å². The van der Waals surface area contributed by atoms with Gasteiger partial charge in [0.15, 0.2) is 6.29 Å². The first-order valence-electron chi connectivity index (χ1n) is 17.2. The number of rotatable bonds is 8. The number of hydrogen-bond donors (Lipinski definition) is 4. The number of aliphatic hydroxyl groups is 4. The first kappa shape index (κ1) is 33.7. The van der Waals surface area contributed by atoms with Crippen molar-refractivity contribution in [3.63, 3.8) is 0 Å². The molecule has 4 fully saturated rings. The molecule has 0 aliphatic heterocycles. The van der Waals surface area contributed by atoms with E-state index in [1.807, 2.05) is 6.92 Å². The van der Waals surface area contributed by atoms with Crippen molar-refractivity contribution in [3.05, 3.63) is 0 Å².